The van der Waals surface area contributed by atoms with Gasteiger partial charge in [0.1, 0.15) is 11.5 Å². The monoisotopic (exact) mass is 385 g/mol. The van der Waals surface area contributed by atoms with Gasteiger partial charge in [-0.25, -0.2) is 0 Å². The fourth-order valence-electron chi connectivity index (χ4n) is 5.84. The summed E-state index contributed by atoms with van der Waals surface area (Å²) in [6.45, 7) is 4.09. The maximum absolute atomic E-state index is 13.2. The third-order valence-electron chi connectivity index (χ3n) is 7.54. The van der Waals surface area contributed by atoms with E-state index in [0.717, 1.165) is 11.3 Å². The number of carbonyl (C=O) groups is 2. The second-order valence-electron chi connectivity index (χ2n) is 8.96. The van der Waals surface area contributed by atoms with Crippen molar-refractivity contribution >= 4 is 17.5 Å². The Morgan fingerprint density at radius 2 is 1.48 bits per heavy atom. The van der Waals surface area contributed by atoms with E-state index >= 15 is 0 Å². The highest BCUT2D eigenvalue weighted by Gasteiger charge is 2.67. The maximum atomic E-state index is 13.2. The zero-order valence-electron chi connectivity index (χ0n) is 16.5. The van der Waals surface area contributed by atoms with Gasteiger partial charge in [-0.2, -0.15) is 0 Å². The van der Waals surface area contributed by atoms with Gasteiger partial charge in [0.05, 0.1) is 17.5 Å². The number of hydrogen-bond acceptors (Lipinski definition) is 3. The van der Waals surface area contributed by atoms with Crippen LogP contribution in [0.25, 0.3) is 0 Å². The molecule has 0 N–H and O–H groups in total. The van der Waals surface area contributed by atoms with E-state index in [-0.39, 0.29) is 35.5 Å². The molecule has 0 spiro atoms. The van der Waals surface area contributed by atoms with E-state index in [1.807, 2.05) is 43.3 Å². The molecule has 1 aliphatic heterocycles. The van der Waals surface area contributed by atoms with Crippen molar-refractivity contribution in [2.45, 2.75) is 20.3 Å². The molecule has 2 amide bonds. The molecular formula is C25H23NO3. The van der Waals surface area contributed by atoms with Gasteiger partial charge < -0.3 is 4.74 Å². The van der Waals surface area contributed by atoms with Crippen molar-refractivity contribution in [1.29, 1.82) is 0 Å². The highest BCUT2D eigenvalue weighted by Crippen LogP contribution is 2.65. The topological polar surface area (TPSA) is 46.6 Å². The number of imide groups is 1. The summed E-state index contributed by atoms with van der Waals surface area (Å²) in [6.07, 6.45) is 5.59. The zero-order valence-corrected chi connectivity index (χ0v) is 16.5. The summed E-state index contributed by atoms with van der Waals surface area (Å²) in [5.74, 6) is 2.90. The first kappa shape index (κ1) is 17.0. The molecule has 2 aromatic rings. The molecule has 5 aliphatic rings. The van der Waals surface area contributed by atoms with Crippen molar-refractivity contribution in [3.63, 3.8) is 0 Å². The van der Waals surface area contributed by atoms with Gasteiger partial charge in [0.2, 0.25) is 11.8 Å². The fraction of sp³-hybridized carbons (Fsp3) is 0.360. The summed E-state index contributed by atoms with van der Waals surface area (Å²) < 4.78 is 6.02. The van der Waals surface area contributed by atoms with Crippen LogP contribution in [0.1, 0.15) is 17.5 Å². The third kappa shape index (κ3) is 2.32. The number of amides is 2. The van der Waals surface area contributed by atoms with Crippen molar-refractivity contribution in [2.75, 3.05) is 4.90 Å². The van der Waals surface area contributed by atoms with Crippen molar-refractivity contribution < 1.29 is 14.3 Å². The van der Waals surface area contributed by atoms with Crippen molar-refractivity contribution in [2.24, 2.45) is 35.5 Å². The van der Waals surface area contributed by atoms with E-state index in [2.05, 4.69) is 25.1 Å². The van der Waals surface area contributed by atoms with Gasteiger partial charge in [0.25, 0.3) is 0 Å². The number of aryl methyl sites for hydroxylation is 1. The van der Waals surface area contributed by atoms with Gasteiger partial charge in [0, 0.05) is 0 Å². The van der Waals surface area contributed by atoms with Crippen LogP contribution in [0.5, 0.6) is 11.5 Å². The lowest BCUT2D eigenvalue weighted by atomic mass is 9.63. The van der Waals surface area contributed by atoms with Crippen LogP contribution >= 0.6 is 0 Å². The molecule has 0 aromatic heterocycles. The Hall–Kier alpha value is -2.88. The number of nitrogens with zero attached hydrogens (tertiary/aromatic N) is 1. The Morgan fingerprint density at radius 3 is 2.10 bits per heavy atom. The van der Waals surface area contributed by atoms with Crippen LogP contribution < -0.4 is 9.64 Å². The molecule has 7 rings (SSSR count). The minimum Gasteiger partial charge on any atom is -0.457 e. The van der Waals surface area contributed by atoms with Crippen LogP contribution in [-0.4, -0.2) is 11.8 Å². The maximum Gasteiger partial charge on any atom is 0.238 e. The Labute approximate surface area is 170 Å². The lowest BCUT2D eigenvalue weighted by molar-refractivity contribution is -0.124. The van der Waals surface area contributed by atoms with Crippen LogP contribution in [0.15, 0.2) is 54.6 Å². The molecule has 146 valence electrons. The number of carbonyl (C=O) groups excluding carboxylic acids is 2. The van der Waals surface area contributed by atoms with E-state index in [0.29, 0.717) is 23.3 Å². The molecular weight excluding hydrogens is 362 g/mol. The van der Waals surface area contributed by atoms with Crippen molar-refractivity contribution in [3.8, 4) is 11.5 Å². The van der Waals surface area contributed by atoms with E-state index in [1.165, 1.54) is 16.9 Å². The summed E-state index contributed by atoms with van der Waals surface area (Å²) in [5.41, 5.74) is 2.93. The van der Waals surface area contributed by atoms with Crippen LogP contribution in [0.3, 0.4) is 0 Å². The molecule has 3 fully saturated rings. The molecule has 2 aromatic carbocycles. The predicted molar refractivity (Wildman–Crippen MR) is 110 cm³/mol. The Kier molecular flexibility index (Phi) is 3.41. The molecule has 4 aliphatic carbocycles. The average molecular weight is 385 g/mol. The zero-order chi connectivity index (χ0) is 19.9. The van der Waals surface area contributed by atoms with Gasteiger partial charge in [0.15, 0.2) is 0 Å². The third-order valence-corrected chi connectivity index (χ3v) is 7.54. The quantitative estimate of drug-likeness (QED) is 0.571. The second kappa shape index (κ2) is 5.82. The minimum absolute atomic E-state index is 0.0205. The average Bonchev–Trinajstić information content (AvgIpc) is 3.50. The Bertz CT molecular complexity index is 1030. The normalized spacial score (nSPS) is 33.7. The molecule has 6 atom stereocenters. The Balaban J connectivity index is 1.27. The first-order chi connectivity index (χ1) is 14.0. The molecule has 2 bridgehead atoms. The number of benzene rings is 2. The lowest BCUT2D eigenvalue weighted by Crippen LogP contribution is -2.40. The van der Waals surface area contributed by atoms with Gasteiger partial charge in [-0.3, -0.25) is 14.5 Å². The number of anilines is 1. The van der Waals surface area contributed by atoms with Crippen LogP contribution in [0, 0.1) is 49.4 Å². The fourth-order valence-corrected chi connectivity index (χ4v) is 5.84. The molecule has 0 unspecified atom stereocenters. The number of rotatable bonds is 3. The first-order valence-corrected chi connectivity index (χ1v) is 10.4. The van der Waals surface area contributed by atoms with E-state index < -0.39 is 0 Å². The summed E-state index contributed by atoms with van der Waals surface area (Å²) in [4.78, 5) is 27.8. The van der Waals surface area contributed by atoms with Gasteiger partial charge in [-0.15, -0.1) is 0 Å². The highest BCUT2D eigenvalue weighted by atomic mass is 16.5. The molecule has 1 saturated heterocycles. The van der Waals surface area contributed by atoms with E-state index in [9.17, 15) is 9.59 Å². The van der Waals surface area contributed by atoms with Crippen LogP contribution in [0.2, 0.25) is 0 Å². The van der Waals surface area contributed by atoms with E-state index in [1.54, 1.807) is 0 Å². The van der Waals surface area contributed by atoms with E-state index in [4.69, 9.17) is 4.74 Å². The van der Waals surface area contributed by atoms with Crippen LogP contribution in [-0.2, 0) is 9.59 Å². The number of ether oxygens (including phenoxy) is 1. The summed E-state index contributed by atoms with van der Waals surface area (Å²) in [7, 11) is 0. The first-order valence-electron chi connectivity index (χ1n) is 10.4. The van der Waals surface area contributed by atoms with Gasteiger partial charge >= 0.3 is 0 Å². The Morgan fingerprint density at radius 1 is 0.862 bits per heavy atom. The predicted octanol–water partition coefficient (Wildman–Crippen LogP) is 4.65. The second-order valence-corrected chi connectivity index (χ2v) is 8.96. The largest absolute Gasteiger partial charge is 0.457 e. The summed E-state index contributed by atoms with van der Waals surface area (Å²) >= 11 is 0. The smallest absolute Gasteiger partial charge is 0.238 e. The van der Waals surface area contributed by atoms with Gasteiger partial charge in [-0.1, -0.05) is 24.3 Å². The van der Waals surface area contributed by atoms with Crippen molar-refractivity contribution in [3.05, 3.63) is 65.7 Å². The molecule has 2 saturated carbocycles. The number of hydrogen-bond donors (Lipinski definition) is 0. The highest BCUT2D eigenvalue weighted by molar-refractivity contribution is 6.22. The molecule has 1 heterocycles. The number of allylic oxidation sites excluding steroid dienone is 2. The summed E-state index contributed by atoms with van der Waals surface area (Å²) in [5, 5.41) is 0. The van der Waals surface area contributed by atoms with Gasteiger partial charge in [-0.05, 0) is 85.4 Å². The molecule has 4 heteroatoms. The minimum atomic E-state index is -0.160. The molecule has 0 radical (unpaired) electrons. The lowest BCUT2D eigenvalue weighted by Gasteiger charge is -2.37. The van der Waals surface area contributed by atoms with Crippen LogP contribution in [0.4, 0.5) is 5.69 Å². The van der Waals surface area contributed by atoms with Crippen molar-refractivity contribution in [1.82, 2.24) is 0 Å². The molecule has 29 heavy (non-hydrogen) atoms. The SMILES string of the molecule is Cc1cccc(Oc2ccc(N3C(=O)[C@H]4[C@@H]5C=C[C@H]([C@H]6C[C@H]56)[C@@H]4C3=O)cc2)c1C. The molecule has 4 nitrogen and oxygen atoms in total. The summed E-state index contributed by atoms with van der Waals surface area (Å²) in [6, 6.07) is 13.3. The standard InChI is InChI=1S/C25H23NO3/c1-13-4-3-5-21(14(13)2)29-16-8-6-15(7-9-16)26-24(27)22-17-10-11-18(20-12-19(17)20)23(22)25(26)28/h3-11,17-20,22-23H,12H2,1-2H3/t17-,18-,19-,20-,22+,23+/m1/s1.